The Morgan fingerprint density at radius 3 is 3.00 bits per heavy atom. The Bertz CT molecular complexity index is 831. The number of fused-ring (bicyclic) bond motifs is 1. The van der Waals surface area contributed by atoms with Gasteiger partial charge in [0.05, 0.1) is 30.3 Å². The van der Waals surface area contributed by atoms with Crippen molar-refractivity contribution in [2.45, 2.75) is 45.6 Å². The molecule has 1 aromatic heterocycles. The lowest BCUT2D eigenvalue weighted by Crippen LogP contribution is -2.34. The number of ether oxygens (including phenoxy) is 1. The van der Waals surface area contributed by atoms with Gasteiger partial charge in [-0.25, -0.2) is 4.98 Å². The quantitative estimate of drug-likeness (QED) is 0.815. The van der Waals surface area contributed by atoms with Gasteiger partial charge in [0.1, 0.15) is 5.75 Å². The van der Waals surface area contributed by atoms with Crippen LogP contribution in [0.15, 0.2) is 18.2 Å². The van der Waals surface area contributed by atoms with Crippen LogP contribution in [0.2, 0.25) is 0 Å². The van der Waals surface area contributed by atoms with E-state index in [1.165, 1.54) is 0 Å². The molecule has 2 amide bonds. The minimum absolute atomic E-state index is 0.134. The smallest absolute Gasteiger partial charge is 0.228 e. The third-order valence-electron chi connectivity index (χ3n) is 4.44. The molecule has 2 N–H and O–H groups in total. The summed E-state index contributed by atoms with van der Waals surface area (Å²) in [5, 5.41) is 6.89. The molecule has 0 bridgehead atoms. The number of hydrogen-bond donors (Lipinski definition) is 2. The third-order valence-corrected chi connectivity index (χ3v) is 5.66. The van der Waals surface area contributed by atoms with E-state index < -0.39 is 5.92 Å². The van der Waals surface area contributed by atoms with Crippen LogP contribution in [0.25, 0.3) is 0 Å². The molecule has 0 fully saturated rings. The molecule has 1 unspecified atom stereocenters. The highest BCUT2D eigenvalue weighted by Gasteiger charge is 2.31. The molecule has 0 saturated carbocycles. The average Bonchev–Trinajstić information content (AvgIpc) is 2.98. The zero-order valence-corrected chi connectivity index (χ0v) is 16.0. The Kier molecular flexibility index (Phi) is 5.56. The van der Waals surface area contributed by atoms with Crippen LogP contribution in [0.1, 0.15) is 46.8 Å². The fourth-order valence-electron chi connectivity index (χ4n) is 3.06. The number of aryl methyl sites for hydroxylation is 2. The van der Waals surface area contributed by atoms with Gasteiger partial charge in [0.2, 0.25) is 11.8 Å². The van der Waals surface area contributed by atoms with E-state index >= 15 is 0 Å². The summed E-state index contributed by atoms with van der Waals surface area (Å²) in [4.78, 5) is 30.4. The van der Waals surface area contributed by atoms with Crippen molar-refractivity contribution in [3.05, 3.63) is 39.3 Å². The molecule has 2 aromatic rings. The minimum Gasteiger partial charge on any atom is -0.497 e. The van der Waals surface area contributed by atoms with E-state index in [0.29, 0.717) is 18.0 Å². The Morgan fingerprint density at radius 2 is 2.27 bits per heavy atom. The van der Waals surface area contributed by atoms with Gasteiger partial charge in [-0.15, -0.1) is 11.3 Å². The molecular formula is C19H23N3O3S. The number of nitrogens with one attached hydrogen (secondary N) is 2. The van der Waals surface area contributed by atoms with Crippen molar-refractivity contribution in [1.29, 1.82) is 0 Å². The van der Waals surface area contributed by atoms with Crippen molar-refractivity contribution in [2.24, 2.45) is 0 Å². The van der Waals surface area contributed by atoms with E-state index in [9.17, 15) is 9.59 Å². The zero-order chi connectivity index (χ0) is 18.7. The summed E-state index contributed by atoms with van der Waals surface area (Å²) in [6, 6.07) is 5.36. The van der Waals surface area contributed by atoms with Gasteiger partial charge in [0.15, 0.2) is 0 Å². The molecule has 7 heteroatoms. The number of hydrogen-bond acceptors (Lipinski definition) is 5. The first kappa shape index (κ1) is 18.4. The normalized spacial score (nSPS) is 16.0. The van der Waals surface area contributed by atoms with Crippen LogP contribution in [0.3, 0.4) is 0 Å². The summed E-state index contributed by atoms with van der Waals surface area (Å²) >= 11 is 1.64. The van der Waals surface area contributed by atoms with E-state index in [1.54, 1.807) is 30.6 Å². The van der Waals surface area contributed by atoms with Gasteiger partial charge in [-0.1, -0.05) is 6.92 Å². The van der Waals surface area contributed by atoms with Crippen molar-refractivity contribution in [1.82, 2.24) is 10.3 Å². The Hall–Kier alpha value is -2.41. The first-order valence-electron chi connectivity index (χ1n) is 8.72. The first-order chi connectivity index (χ1) is 12.5. The molecule has 138 valence electrons. The summed E-state index contributed by atoms with van der Waals surface area (Å²) < 4.78 is 5.25. The number of rotatable bonds is 6. The van der Waals surface area contributed by atoms with Gasteiger partial charge in [-0.05, 0) is 43.5 Å². The summed E-state index contributed by atoms with van der Waals surface area (Å²) in [5.41, 5.74) is 2.41. The number of aromatic nitrogens is 1. The van der Waals surface area contributed by atoms with Crippen LogP contribution in [0, 0.1) is 6.92 Å². The molecule has 0 radical (unpaired) electrons. The second-order valence-electron chi connectivity index (χ2n) is 6.34. The number of amides is 2. The molecule has 1 atom stereocenters. The highest BCUT2D eigenvalue weighted by Crippen LogP contribution is 2.35. The molecule has 6 nitrogen and oxygen atoms in total. The Balaban J connectivity index is 1.75. The van der Waals surface area contributed by atoms with E-state index in [2.05, 4.69) is 22.5 Å². The van der Waals surface area contributed by atoms with Crippen LogP contribution in [0.4, 0.5) is 5.69 Å². The lowest BCUT2D eigenvalue weighted by atomic mass is 9.89. The predicted molar refractivity (Wildman–Crippen MR) is 102 cm³/mol. The number of nitrogens with zero attached hydrogens (tertiary/aromatic N) is 1. The van der Waals surface area contributed by atoms with Gasteiger partial charge in [-0.3, -0.25) is 9.59 Å². The zero-order valence-electron chi connectivity index (χ0n) is 15.2. The topological polar surface area (TPSA) is 80.3 Å². The Labute approximate surface area is 157 Å². The van der Waals surface area contributed by atoms with Gasteiger partial charge >= 0.3 is 0 Å². The van der Waals surface area contributed by atoms with Crippen molar-refractivity contribution >= 4 is 28.8 Å². The molecular weight excluding hydrogens is 350 g/mol. The number of benzene rings is 1. The van der Waals surface area contributed by atoms with Gasteiger partial charge in [0.25, 0.3) is 0 Å². The van der Waals surface area contributed by atoms with Gasteiger partial charge in [-0.2, -0.15) is 0 Å². The molecule has 1 aliphatic rings. The number of thiazole rings is 1. The van der Waals surface area contributed by atoms with Crippen molar-refractivity contribution in [3.63, 3.8) is 0 Å². The van der Waals surface area contributed by atoms with Crippen LogP contribution in [0.5, 0.6) is 5.75 Å². The second kappa shape index (κ2) is 7.86. The van der Waals surface area contributed by atoms with E-state index in [0.717, 1.165) is 34.0 Å². The lowest BCUT2D eigenvalue weighted by molar-refractivity contribution is -0.126. The maximum Gasteiger partial charge on any atom is 0.228 e. The van der Waals surface area contributed by atoms with Crippen molar-refractivity contribution in [2.75, 3.05) is 12.4 Å². The number of carbonyl (C=O) groups excluding carboxylic acids is 2. The van der Waals surface area contributed by atoms with Crippen molar-refractivity contribution < 1.29 is 14.3 Å². The molecule has 26 heavy (non-hydrogen) atoms. The fraction of sp³-hybridized carbons (Fsp3) is 0.421. The maximum absolute atomic E-state index is 12.8. The van der Waals surface area contributed by atoms with Crippen LogP contribution in [-0.2, 0) is 22.6 Å². The molecule has 0 spiro atoms. The highest BCUT2D eigenvalue weighted by molar-refractivity contribution is 7.11. The van der Waals surface area contributed by atoms with E-state index in [-0.39, 0.29) is 18.2 Å². The fourth-order valence-corrected chi connectivity index (χ4v) is 4.17. The number of anilines is 1. The summed E-state index contributed by atoms with van der Waals surface area (Å²) in [5.74, 6) is -0.154. The second-order valence-corrected chi connectivity index (χ2v) is 7.51. The van der Waals surface area contributed by atoms with E-state index in [1.807, 2.05) is 13.0 Å². The maximum atomic E-state index is 12.8. The number of carbonyl (C=O) groups is 2. The molecule has 1 aliphatic heterocycles. The van der Waals surface area contributed by atoms with Crippen LogP contribution < -0.4 is 15.4 Å². The first-order valence-corrected chi connectivity index (χ1v) is 9.54. The third kappa shape index (κ3) is 3.88. The molecule has 0 aliphatic carbocycles. The largest absolute Gasteiger partial charge is 0.497 e. The molecule has 1 aromatic carbocycles. The van der Waals surface area contributed by atoms with Crippen LogP contribution in [-0.4, -0.2) is 23.9 Å². The minimum atomic E-state index is -0.516. The van der Waals surface area contributed by atoms with Crippen molar-refractivity contribution in [3.8, 4) is 5.75 Å². The molecule has 2 heterocycles. The predicted octanol–water partition coefficient (Wildman–Crippen LogP) is 3.15. The van der Waals surface area contributed by atoms with E-state index in [4.69, 9.17) is 4.74 Å². The summed E-state index contributed by atoms with van der Waals surface area (Å²) in [6.45, 7) is 4.52. The SMILES string of the molecule is CCCc1nc(C)c(CNC(=O)C2CC(=O)Nc3ccc(OC)cc32)s1. The monoisotopic (exact) mass is 373 g/mol. The standard InChI is InChI=1S/C19H23N3O3S/c1-4-5-18-21-11(2)16(26-18)10-20-19(24)14-9-17(23)22-15-7-6-12(25-3)8-13(14)15/h6-8,14H,4-5,9-10H2,1-3H3,(H,20,24)(H,22,23). The highest BCUT2D eigenvalue weighted by atomic mass is 32.1. The molecule has 3 rings (SSSR count). The summed E-state index contributed by atoms with van der Waals surface area (Å²) in [7, 11) is 1.58. The Morgan fingerprint density at radius 1 is 1.46 bits per heavy atom. The average molecular weight is 373 g/mol. The van der Waals surface area contributed by atoms with Gasteiger partial charge < -0.3 is 15.4 Å². The van der Waals surface area contributed by atoms with Gasteiger partial charge in [0, 0.05) is 17.0 Å². The summed E-state index contributed by atoms with van der Waals surface area (Å²) in [6.07, 6.45) is 2.14. The lowest BCUT2D eigenvalue weighted by Gasteiger charge is -2.25. The molecule has 0 saturated heterocycles. The van der Waals surface area contributed by atoms with Crippen LogP contribution >= 0.6 is 11.3 Å². The number of methoxy groups -OCH3 is 1.